The van der Waals surface area contributed by atoms with Gasteiger partial charge < -0.3 is 4.90 Å². The molecule has 9 heteroatoms. The van der Waals surface area contributed by atoms with Crippen LogP contribution in [0.15, 0.2) is 59.5 Å². The van der Waals surface area contributed by atoms with E-state index in [1.54, 1.807) is 0 Å². The summed E-state index contributed by atoms with van der Waals surface area (Å²) in [6.45, 7) is 2.02. The van der Waals surface area contributed by atoms with E-state index >= 15 is 0 Å². The number of piperidine rings is 1. The van der Waals surface area contributed by atoms with Gasteiger partial charge in [0.2, 0.25) is 15.2 Å². The Morgan fingerprint density at radius 3 is 2.47 bits per heavy atom. The quantitative estimate of drug-likeness (QED) is 0.602. The summed E-state index contributed by atoms with van der Waals surface area (Å²) in [4.78, 5) is 6.98. The van der Waals surface area contributed by atoms with Gasteiger partial charge in [0.05, 0.1) is 4.90 Å². The van der Waals surface area contributed by atoms with Gasteiger partial charge in [-0.3, -0.25) is 0 Å². The van der Waals surface area contributed by atoms with E-state index in [1.807, 2.05) is 18.2 Å². The molecular weight excluding hydrogens is 423 g/mol. The van der Waals surface area contributed by atoms with E-state index in [9.17, 15) is 12.8 Å². The molecule has 0 spiro atoms. The molecule has 158 valence electrons. The van der Waals surface area contributed by atoms with E-state index in [2.05, 4.69) is 31.1 Å². The first-order chi connectivity index (χ1) is 14.5. The Kier molecular flexibility index (Phi) is 6.40. The topological polar surface area (TPSA) is 75.2 Å². The van der Waals surface area contributed by atoms with Gasteiger partial charge in [0.15, 0.2) is 0 Å². The molecule has 0 aliphatic carbocycles. The van der Waals surface area contributed by atoms with E-state index in [1.165, 1.54) is 29.2 Å². The normalized spacial score (nSPS) is 15.4. The van der Waals surface area contributed by atoms with Crippen LogP contribution in [0.1, 0.15) is 24.2 Å². The zero-order valence-electron chi connectivity index (χ0n) is 16.4. The van der Waals surface area contributed by atoms with Crippen molar-refractivity contribution < 1.29 is 12.8 Å². The summed E-state index contributed by atoms with van der Waals surface area (Å²) < 4.78 is 44.9. The SMILES string of the molecule is O=S(=O)(NCC1CCN(c2nc(Cc3ccccc3)ns2)CC1)c1ccc(F)cc1. The smallest absolute Gasteiger partial charge is 0.240 e. The fourth-order valence-electron chi connectivity index (χ4n) is 3.48. The minimum Gasteiger partial charge on any atom is -0.347 e. The van der Waals surface area contributed by atoms with Gasteiger partial charge in [-0.2, -0.15) is 4.37 Å². The van der Waals surface area contributed by atoms with Crippen LogP contribution in [0.25, 0.3) is 0 Å². The molecule has 30 heavy (non-hydrogen) atoms. The van der Waals surface area contributed by atoms with Crippen molar-refractivity contribution in [3.8, 4) is 0 Å². The zero-order chi connectivity index (χ0) is 21.0. The third-order valence-corrected chi connectivity index (χ3v) is 7.49. The molecule has 0 bridgehead atoms. The summed E-state index contributed by atoms with van der Waals surface area (Å²) in [5.74, 6) is 0.633. The van der Waals surface area contributed by atoms with E-state index in [4.69, 9.17) is 0 Å². The van der Waals surface area contributed by atoms with Crippen molar-refractivity contribution in [3.63, 3.8) is 0 Å². The van der Waals surface area contributed by atoms with E-state index in [-0.39, 0.29) is 10.8 Å². The molecule has 2 aromatic carbocycles. The highest BCUT2D eigenvalue weighted by Gasteiger charge is 2.24. The first-order valence-corrected chi connectivity index (χ1v) is 12.1. The lowest BCUT2D eigenvalue weighted by Gasteiger charge is -2.31. The molecule has 0 amide bonds. The molecule has 1 aliphatic rings. The van der Waals surface area contributed by atoms with Crippen LogP contribution in [0.3, 0.4) is 0 Å². The number of halogens is 1. The number of aromatic nitrogens is 2. The number of anilines is 1. The number of hydrogen-bond acceptors (Lipinski definition) is 6. The van der Waals surface area contributed by atoms with Gasteiger partial charge in [-0.1, -0.05) is 30.3 Å². The Hall–Kier alpha value is -2.36. The molecule has 4 rings (SSSR count). The molecule has 1 aliphatic heterocycles. The van der Waals surface area contributed by atoms with Crippen LogP contribution in [0.2, 0.25) is 0 Å². The van der Waals surface area contributed by atoms with Crippen LogP contribution in [0, 0.1) is 11.7 Å². The first kappa shape index (κ1) is 20.9. The maximum atomic E-state index is 13.0. The predicted octanol–water partition coefficient (Wildman–Crippen LogP) is 3.46. The van der Waals surface area contributed by atoms with Gasteiger partial charge in [0.1, 0.15) is 11.6 Å². The molecule has 2 heterocycles. The molecule has 6 nitrogen and oxygen atoms in total. The number of benzene rings is 2. The number of nitrogens with zero attached hydrogens (tertiary/aromatic N) is 3. The Bertz CT molecular complexity index is 1060. The molecule has 1 fully saturated rings. The molecule has 0 unspecified atom stereocenters. The molecule has 0 atom stereocenters. The van der Waals surface area contributed by atoms with Crippen LogP contribution in [-0.2, 0) is 16.4 Å². The summed E-state index contributed by atoms with van der Waals surface area (Å²) in [7, 11) is -3.62. The van der Waals surface area contributed by atoms with Crippen LogP contribution < -0.4 is 9.62 Å². The molecule has 1 N–H and O–H groups in total. The lowest BCUT2D eigenvalue weighted by Crippen LogP contribution is -2.38. The van der Waals surface area contributed by atoms with Crippen molar-refractivity contribution in [2.75, 3.05) is 24.5 Å². The number of sulfonamides is 1. The average molecular weight is 447 g/mol. The molecule has 0 saturated carbocycles. The summed E-state index contributed by atoms with van der Waals surface area (Å²) in [6, 6.07) is 15.0. The lowest BCUT2D eigenvalue weighted by atomic mass is 9.97. The van der Waals surface area contributed by atoms with E-state index in [0.29, 0.717) is 6.54 Å². The first-order valence-electron chi connectivity index (χ1n) is 9.86. The van der Waals surface area contributed by atoms with Crippen molar-refractivity contribution >= 4 is 26.7 Å². The Morgan fingerprint density at radius 1 is 1.07 bits per heavy atom. The van der Waals surface area contributed by atoms with E-state index in [0.717, 1.165) is 55.4 Å². The van der Waals surface area contributed by atoms with Crippen LogP contribution in [0.4, 0.5) is 9.52 Å². The summed E-state index contributed by atoms with van der Waals surface area (Å²) in [6.07, 6.45) is 2.47. The molecule has 1 aromatic heterocycles. The Labute approximate surface area is 180 Å². The molecule has 3 aromatic rings. The third kappa shape index (κ3) is 5.21. The van der Waals surface area contributed by atoms with Crippen LogP contribution >= 0.6 is 11.5 Å². The van der Waals surface area contributed by atoms with Gasteiger partial charge in [-0.05, 0) is 48.6 Å². The summed E-state index contributed by atoms with van der Waals surface area (Å²) in [5.41, 5.74) is 1.19. The van der Waals surface area contributed by atoms with Gasteiger partial charge >= 0.3 is 0 Å². The van der Waals surface area contributed by atoms with Gasteiger partial charge in [-0.25, -0.2) is 22.5 Å². The monoisotopic (exact) mass is 446 g/mol. The van der Waals surface area contributed by atoms with Crippen molar-refractivity contribution in [3.05, 3.63) is 71.8 Å². The number of hydrogen-bond donors (Lipinski definition) is 1. The largest absolute Gasteiger partial charge is 0.347 e. The highest BCUT2D eigenvalue weighted by molar-refractivity contribution is 7.89. The molecule has 1 saturated heterocycles. The molecular formula is C21H23FN4O2S2. The second-order valence-corrected chi connectivity index (χ2v) is 9.89. The number of nitrogens with one attached hydrogen (secondary N) is 1. The maximum Gasteiger partial charge on any atom is 0.240 e. The Balaban J connectivity index is 1.27. The predicted molar refractivity (Wildman–Crippen MR) is 116 cm³/mol. The van der Waals surface area contributed by atoms with Crippen molar-refractivity contribution in [2.45, 2.75) is 24.2 Å². The van der Waals surface area contributed by atoms with Crippen molar-refractivity contribution in [1.82, 2.24) is 14.1 Å². The zero-order valence-corrected chi connectivity index (χ0v) is 18.0. The van der Waals surface area contributed by atoms with Crippen LogP contribution in [0.5, 0.6) is 0 Å². The second kappa shape index (κ2) is 9.20. The maximum absolute atomic E-state index is 13.0. The minimum absolute atomic E-state index is 0.0844. The van der Waals surface area contributed by atoms with Gasteiger partial charge in [0, 0.05) is 37.6 Å². The fourth-order valence-corrected chi connectivity index (χ4v) is 5.33. The Morgan fingerprint density at radius 2 is 1.77 bits per heavy atom. The standard InChI is InChI=1S/C21H23FN4O2S2/c22-18-6-8-19(9-7-18)30(27,28)23-15-17-10-12-26(13-11-17)21-24-20(25-29-21)14-16-4-2-1-3-5-16/h1-9,17,23H,10-15H2. The van der Waals surface area contributed by atoms with Crippen LogP contribution in [-0.4, -0.2) is 37.4 Å². The van der Waals surface area contributed by atoms with Gasteiger partial charge in [-0.15, -0.1) is 0 Å². The fraction of sp³-hybridized carbons (Fsp3) is 0.333. The summed E-state index contributed by atoms with van der Waals surface area (Å²) >= 11 is 1.42. The highest BCUT2D eigenvalue weighted by Crippen LogP contribution is 2.25. The minimum atomic E-state index is -3.62. The lowest BCUT2D eigenvalue weighted by molar-refractivity contribution is 0.401. The van der Waals surface area contributed by atoms with Crippen molar-refractivity contribution in [2.24, 2.45) is 5.92 Å². The molecule has 0 radical (unpaired) electrons. The number of rotatable bonds is 7. The second-order valence-electron chi connectivity index (χ2n) is 7.39. The van der Waals surface area contributed by atoms with Gasteiger partial charge in [0.25, 0.3) is 0 Å². The average Bonchev–Trinajstić information content (AvgIpc) is 3.22. The van der Waals surface area contributed by atoms with E-state index < -0.39 is 15.8 Å². The third-order valence-electron chi connectivity index (χ3n) is 5.23. The highest BCUT2D eigenvalue weighted by atomic mass is 32.2. The summed E-state index contributed by atoms with van der Waals surface area (Å²) in [5, 5.41) is 0.922. The van der Waals surface area contributed by atoms with Crippen molar-refractivity contribution in [1.29, 1.82) is 0 Å².